The molecule has 2 N–H and O–H groups in total. The Morgan fingerprint density at radius 3 is 1.65 bits per heavy atom. The van der Waals surface area contributed by atoms with Crippen LogP contribution in [0.25, 0.3) is 0 Å². The number of benzene rings is 1. The summed E-state index contributed by atoms with van der Waals surface area (Å²) in [5.41, 5.74) is 0.894. The summed E-state index contributed by atoms with van der Waals surface area (Å²) >= 11 is 0. The summed E-state index contributed by atoms with van der Waals surface area (Å²) in [7, 11) is 1.26. The second-order valence-corrected chi connectivity index (χ2v) is 2.79. The van der Waals surface area contributed by atoms with Gasteiger partial charge in [-0.2, -0.15) is 19.4 Å². The molecule has 92 valence electrons. The fourth-order valence-electron chi connectivity index (χ4n) is 1.25. The monoisotopic (exact) mass is 462 g/mol. The van der Waals surface area contributed by atoms with E-state index in [-0.39, 0.29) is 36.6 Å². The summed E-state index contributed by atoms with van der Waals surface area (Å²) in [6.07, 6.45) is 0. The third kappa shape index (κ3) is 5.26. The second-order valence-electron chi connectivity index (χ2n) is 2.79. The largest absolute Gasteiger partial charge is 2.00 e. The van der Waals surface area contributed by atoms with E-state index in [0.29, 0.717) is 17.1 Å². The van der Waals surface area contributed by atoms with Crippen LogP contribution in [0.5, 0.6) is 11.5 Å². The van der Waals surface area contributed by atoms with Crippen molar-refractivity contribution in [1.82, 2.24) is 0 Å². The number of rotatable bonds is 3. The number of methoxy groups -OCH3 is 2. The van der Waals surface area contributed by atoms with E-state index in [4.69, 9.17) is 19.5 Å². The summed E-state index contributed by atoms with van der Waals surface area (Å²) in [4.78, 5) is 0. The first kappa shape index (κ1) is 19.1. The van der Waals surface area contributed by atoms with Gasteiger partial charge >= 0.3 is 38.2 Å². The van der Waals surface area contributed by atoms with Gasteiger partial charge in [0.2, 0.25) is 0 Å². The molecule has 17 heavy (non-hydrogen) atoms. The van der Waals surface area contributed by atoms with Crippen molar-refractivity contribution in [3.63, 3.8) is 0 Å². The number of hydrogen-bond donors (Lipinski definition) is 2. The molecule has 0 heterocycles. The fourth-order valence-corrected chi connectivity index (χ4v) is 1.25. The van der Waals surface area contributed by atoms with Gasteiger partial charge in [0.25, 0.3) is 0 Å². The molecule has 0 aromatic heterocycles. The number of hydrogen-bond acceptors (Lipinski definition) is 4. The average Bonchev–Trinajstić information content (AvgIpc) is 2.29. The smallest absolute Gasteiger partial charge is 0.510 e. The Labute approximate surface area is 127 Å². The normalized spacial score (nSPS) is 8.35. The molecular formula is C11H17BO4U. The van der Waals surface area contributed by atoms with E-state index in [9.17, 15) is 0 Å². The van der Waals surface area contributed by atoms with E-state index in [2.05, 4.69) is 13.8 Å². The second kappa shape index (κ2) is 9.73. The third-order valence-electron chi connectivity index (χ3n) is 1.86. The Kier molecular flexibility index (Phi) is 10.9. The van der Waals surface area contributed by atoms with Crippen LogP contribution < -0.4 is 14.9 Å². The van der Waals surface area contributed by atoms with E-state index in [0.717, 1.165) is 0 Å². The van der Waals surface area contributed by atoms with Crippen molar-refractivity contribution in [2.24, 2.45) is 0 Å². The average molecular weight is 462 g/mol. The molecule has 1 rings (SSSR count). The van der Waals surface area contributed by atoms with Crippen molar-refractivity contribution in [3.05, 3.63) is 31.5 Å². The van der Waals surface area contributed by atoms with Crippen LogP contribution in [0, 0.1) is 45.0 Å². The minimum absolute atomic E-state index is 0. The molecule has 0 unspecified atom stereocenters. The molecule has 6 heteroatoms. The first-order valence-corrected chi connectivity index (χ1v) is 4.75. The Bertz CT molecular complexity index is 306. The summed E-state index contributed by atoms with van der Waals surface area (Å²) in [5, 5.41) is 18.2. The van der Waals surface area contributed by atoms with Crippen molar-refractivity contribution in [1.29, 1.82) is 0 Å². The maximum atomic E-state index is 9.11. The van der Waals surface area contributed by atoms with E-state index < -0.39 is 7.12 Å². The van der Waals surface area contributed by atoms with Crippen molar-refractivity contribution in [3.8, 4) is 11.5 Å². The standard InChI is InChI=1S/C9H12BO4.C2H5.U/c1-6-4-7(13-2)9(10(11)12)8(5-6)14-3;1-2;/h4-5,11-12H,1H2,2-3H3;1H2,2H3;/q2*-1;+2. The number of ether oxygens (including phenoxy) is 2. The minimum atomic E-state index is -1.62. The molecule has 0 saturated carbocycles. The van der Waals surface area contributed by atoms with E-state index in [1.807, 2.05) is 0 Å². The fraction of sp³-hybridized carbons (Fsp3) is 0.273. The van der Waals surface area contributed by atoms with Gasteiger partial charge in [-0.1, -0.05) is 0 Å². The zero-order chi connectivity index (χ0) is 12.7. The molecule has 0 radical (unpaired) electrons. The Morgan fingerprint density at radius 1 is 1.06 bits per heavy atom. The van der Waals surface area contributed by atoms with Gasteiger partial charge in [0.05, 0.1) is 25.7 Å². The first-order chi connectivity index (χ1) is 7.60. The van der Waals surface area contributed by atoms with Gasteiger partial charge in [-0.3, -0.25) is 0 Å². The van der Waals surface area contributed by atoms with Crippen molar-refractivity contribution < 1.29 is 50.6 Å². The van der Waals surface area contributed by atoms with Gasteiger partial charge in [-0.25, -0.2) is 0 Å². The van der Waals surface area contributed by atoms with Crippen LogP contribution in [0.2, 0.25) is 0 Å². The summed E-state index contributed by atoms with van der Waals surface area (Å²) < 4.78 is 9.98. The van der Waals surface area contributed by atoms with Crippen molar-refractivity contribution >= 4 is 12.6 Å². The molecule has 0 fully saturated rings. The SMILES string of the molecule is [CH2-]C.[CH2-]c1cc(OC)c(B(O)O)c(OC)c1.[U+2]. The predicted molar refractivity (Wildman–Crippen MR) is 64.9 cm³/mol. The molecule has 0 saturated heterocycles. The first-order valence-electron chi connectivity index (χ1n) is 4.75. The molecule has 0 atom stereocenters. The van der Waals surface area contributed by atoms with Crippen LogP contribution in [0.1, 0.15) is 12.5 Å². The molecular weight excluding hydrogens is 445 g/mol. The Hall–Kier alpha value is -0.273. The molecule has 4 nitrogen and oxygen atoms in total. The van der Waals surface area contributed by atoms with Crippen LogP contribution in [0.4, 0.5) is 0 Å². The van der Waals surface area contributed by atoms with Gasteiger partial charge in [-0.15, -0.1) is 12.1 Å². The van der Waals surface area contributed by atoms with E-state index in [1.54, 1.807) is 19.1 Å². The van der Waals surface area contributed by atoms with Crippen LogP contribution in [0.3, 0.4) is 0 Å². The zero-order valence-electron chi connectivity index (χ0n) is 10.4. The van der Waals surface area contributed by atoms with Gasteiger partial charge in [0, 0.05) is 5.46 Å². The van der Waals surface area contributed by atoms with Gasteiger partial charge in [-0.05, 0) is 0 Å². The van der Waals surface area contributed by atoms with E-state index >= 15 is 0 Å². The van der Waals surface area contributed by atoms with Crippen LogP contribution >= 0.6 is 0 Å². The predicted octanol–water partition coefficient (Wildman–Crippen LogP) is 0.406. The molecule has 0 aliphatic carbocycles. The van der Waals surface area contributed by atoms with Gasteiger partial charge in [0.1, 0.15) is 0 Å². The Morgan fingerprint density at radius 2 is 1.41 bits per heavy atom. The minimum Gasteiger partial charge on any atom is -0.510 e. The Balaban J connectivity index is 0. The maximum absolute atomic E-state index is 9.11. The van der Waals surface area contributed by atoms with Crippen LogP contribution in [-0.4, -0.2) is 31.4 Å². The summed E-state index contributed by atoms with van der Waals surface area (Å²) in [5.74, 6) is 0.703. The van der Waals surface area contributed by atoms with Gasteiger partial charge < -0.3 is 26.4 Å². The van der Waals surface area contributed by atoms with Gasteiger partial charge in [0.15, 0.2) is 0 Å². The molecule has 0 bridgehead atoms. The van der Waals surface area contributed by atoms with E-state index in [1.165, 1.54) is 14.2 Å². The van der Waals surface area contributed by atoms with Crippen molar-refractivity contribution in [2.45, 2.75) is 6.92 Å². The molecule has 0 spiro atoms. The summed E-state index contributed by atoms with van der Waals surface area (Å²) in [6, 6.07) is 3.22. The quantitative estimate of drug-likeness (QED) is 0.505. The molecule has 1 aromatic carbocycles. The molecule has 1 aromatic rings. The van der Waals surface area contributed by atoms with Crippen LogP contribution in [-0.2, 0) is 0 Å². The van der Waals surface area contributed by atoms with Crippen molar-refractivity contribution in [2.75, 3.05) is 14.2 Å². The molecule has 0 amide bonds. The molecule has 0 aliphatic rings. The zero-order valence-corrected chi connectivity index (χ0v) is 14.5. The van der Waals surface area contributed by atoms with Crippen LogP contribution in [0.15, 0.2) is 12.1 Å². The maximum Gasteiger partial charge on any atom is 2.00 e. The summed E-state index contributed by atoms with van der Waals surface area (Å²) in [6.45, 7) is 8.71. The topological polar surface area (TPSA) is 58.9 Å². The molecule has 0 aliphatic heterocycles. The third-order valence-corrected chi connectivity index (χ3v) is 1.86.